The largest absolute Gasteiger partial charge is 0.392 e. The van der Waals surface area contributed by atoms with Gasteiger partial charge in [-0.1, -0.05) is 36.4 Å². The van der Waals surface area contributed by atoms with Gasteiger partial charge in [0.25, 0.3) is 0 Å². The van der Waals surface area contributed by atoms with Crippen molar-refractivity contribution in [1.82, 2.24) is 14.9 Å². The number of nitrogens with zero attached hydrogens (tertiary/aromatic N) is 3. The van der Waals surface area contributed by atoms with E-state index in [0.29, 0.717) is 5.56 Å². The number of aliphatic hydroxyl groups is 1. The summed E-state index contributed by atoms with van der Waals surface area (Å²) in [6.07, 6.45) is 8.30. The summed E-state index contributed by atoms with van der Waals surface area (Å²) in [6.45, 7) is 6.58. The number of aromatic amines is 1. The first-order valence-corrected chi connectivity index (χ1v) is 11.9. The molecule has 1 atom stereocenters. The van der Waals surface area contributed by atoms with Crippen molar-refractivity contribution in [3.8, 4) is 6.07 Å². The fourth-order valence-electron chi connectivity index (χ4n) is 4.73. The maximum atomic E-state index is 9.79. The number of nitriles is 1. The number of aromatic nitrogens is 2. The predicted octanol–water partition coefficient (Wildman–Crippen LogP) is 5.53. The highest BCUT2D eigenvalue weighted by molar-refractivity contribution is 5.90. The highest BCUT2D eigenvalue weighted by Gasteiger charge is 2.19. The second-order valence-corrected chi connectivity index (χ2v) is 9.21. The van der Waals surface area contributed by atoms with Crippen LogP contribution in [0.25, 0.3) is 23.1 Å². The van der Waals surface area contributed by atoms with Crippen LogP contribution in [0.15, 0.2) is 54.9 Å². The molecule has 1 aliphatic heterocycles. The minimum absolute atomic E-state index is 0.199. The molecule has 3 heterocycles. The third-order valence-electron chi connectivity index (χ3n) is 6.78. The molecule has 6 nitrogen and oxygen atoms in total. The summed E-state index contributed by atoms with van der Waals surface area (Å²) in [4.78, 5) is 9.99. The Morgan fingerprint density at radius 3 is 2.74 bits per heavy atom. The summed E-state index contributed by atoms with van der Waals surface area (Å²) < 4.78 is 0. The summed E-state index contributed by atoms with van der Waals surface area (Å²) >= 11 is 0. The van der Waals surface area contributed by atoms with Crippen molar-refractivity contribution in [1.29, 1.82) is 5.26 Å². The molecule has 5 rings (SSSR count). The van der Waals surface area contributed by atoms with Crippen LogP contribution in [0.1, 0.15) is 39.9 Å². The maximum Gasteiger partial charge on any atom is 0.103 e. The second kappa shape index (κ2) is 9.75. The van der Waals surface area contributed by atoms with Gasteiger partial charge in [-0.05, 0) is 55.2 Å². The van der Waals surface area contributed by atoms with Gasteiger partial charge in [0, 0.05) is 59.9 Å². The predicted molar refractivity (Wildman–Crippen MR) is 141 cm³/mol. The Hall–Kier alpha value is -3.92. The van der Waals surface area contributed by atoms with Crippen LogP contribution in [0.3, 0.4) is 0 Å². The van der Waals surface area contributed by atoms with Crippen molar-refractivity contribution >= 4 is 34.4 Å². The molecule has 6 heteroatoms. The number of pyridine rings is 1. The lowest BCUT2D eigenvalue weighted by Crippen LogP contribution is -2.21. The highest BCUT2D eigenvalue weighted by atomic mass is 16.3. The fraction of sp³-hybridized carbons (Fsp3) is 0.241. The van der Waals surface area contributed by atoms with Gasteiger partial charge >= 0.3 is 0 Å². The molecule has 0 spiro atoms. The van der Waals surface area contributed by atoms with E-state index < -0.39 is 0 Å². The number of β-amino-alcohol motifs (C(OH)–C–C–N with tert-alkyl or cyclic N) is 1. The third kappa shape index (κ3) is 4.83. The minimum Gasteiger partial charge on any atom is -0.392 e. The quantitative estimate of drug-likeness (QED) is 0.350. The number of likely N-dealkylation sites (tertiary alicyclic amines) is 1. The zero-order valence-electron chi connectivity index (χ0n) is 20.0. The number of anilines is 2. The molecule has 0 amide bonds. The Morgan fingerprint density at radius 2 is 2.00 bits per heavy atom. The van der Waals surface area contributed by atoms with Crippen molar-refractivity contribution in [2.45, 2.75) is 32.9 Å². The van der Waals surface area contributed by atoms with E-state index in [-0.39, 0.29) is 6.10 Å². The van der Waals surface area contributed by atoms with E-state index in [2.05, 4.69) is 69.6 Å². The summed E-state index contributed by atoms with van der Waals surface area (Å²) in [5, 5.41) is 24.2. The summed E-state index contributed by atoms with van der Waals surface area (Å²) in [5.41, 5.74) is 8.50. The summed E-state index contributed by atoms with van der Waals surface area (Å²) in [6, 6.07) is 16.9. The average molecular weight is 464 g/mol. The Labute approximate surface area is 205 Å². The summed E-state index contributed by atoms with van der Waals surface area (Å²) in [7, 11) is 0. The first-order chi connectivity index (χ1) is 17.0. The van der Waals surface area contributed by atoms with Gasteiger partial charge in [0.2, 0.25) is 0 Å². The van der Waals surface area contributed by atoms with Gasteiger partial charge in [0.1, 0.15) is 6.07 Å². The topological polar surface area (TPSA) is 88.0 Å². The van der Waals surface area contributed by atoms with Crippen LogP contribution in [0.2, 0.25) is 0 Å². The smallest absolute Gasteiger partial charge is 0.103 e. The zero-order valence-corrected chi connectivity index (χ0v) is 20.0. The van der Waals surface area contributed by atoms with E-state index in [0.717, 1.165) is 70.7 Å². The number of nitrogens with one attached hydrogen (secondary N) is 2. The number of aliphatic hydroxyl groups excluding tert-OH is 1. The number of rotatable bonds is 6. The number of H-pyrrole nitrogens is 1. The molecule has 0 aliphatic carbocycles. The van der Waals surface area contributed by atoms with Gasteiger partial charge in [-0.2, -0.15) is 5.26 Å². The molecule has 1 saturated heterocycles. The molecule has 0 bridgehead atoms. The number of benzene rings is 2. The van der Waals surface area contributed by atoms with Gasteiger partial charge in [0.15, 0.2) is 0 Å². The lowest BCUT2D eigenvalue weighted by molar-refractivity contribution is 0.175. The van der Waals surface area contributed by atoms with Crippen LogP contribution in [-0.4, -0.2) is 39.2 Å². The lowest BCUT2D eigenvalue weighted by atomic mass is 10.0. The minimum atomic E-state index is -0.199. The molecule has 0 radical (unpaired) electrons. The Bertz CT molecular complexity index is 1430. The second-order valence-electron chi connectivity index (χ2n) is 9.21. The molecule has 1 fully saturated rings. The van der Waals surface area contributed by atoms with E-state index in [1.165, 1.54) is 5.56 Å². The fourth-order valence-corrected chi connectivity index (χ4v) is 4.73. The first-order valence-electron chi connectivity index (χ1n) is 11.9. The molecule has 176 valence electrons. The number of hydrogen-bond donors (Lipinski definition) is 3. The number of fused-ring (bicyclic) bond motifs is 1. The maximum absolute atomic E-state index is 9.79. The van der Waals surface area contributed by atoms with E-state index >= 15 is 0 Å². The van der Waals surface area contributed by atoms with Gasteiger partial charge < -0.3 is 15.4 Å². The number of aryl methyl sites for hydroxylation is 2. The first kappa shape index (κ1) is 22.9. The third-order valence-corrected chi connectivity index (χ3v) is 6.78. The van der Waals surface area contributed by atoms with Crippen molar-refractivity contribution in [3.05, 3.63) is 88.4 Å². The molecule has 4 aromatic rings. The lowest BCUT2D eigenvalue weighted by Gasteiger charge is -2.16. The van der Waals surface area contributed by atoms with Crippen LogP contribution >= 0.6 is 0 Å². The van der Waals surface area contributed by atoms with E-state index in [1.807, 2.05) is 31.3 Å². The van der Waals surface area contributed by atoms with Crippen LogP contribution < -0.4 is 5.32 Å². The van der Waals surface area contributed by atoms with Crippen LogP contribution in [0.4, 0.5) is 11.4 Å². The van der Waals surface area contributed by atoms with E-state index in [4.69, 9.17) is 0 Å². The molecule has 1 unspecified atom stereocenters. The average Bonchev–Trinajstić information content (AvgIpc) is 3.51. The normalized spacial score (nSPS) is 16.2. The van der Waals surface area contributed by atoms with Crippen LogP contribution in [-0.2, 0) is 6.54 Å². The Balaban J connectivity index is 1.41. The Kier molecular flexibility index (Phi) is 6.37. The van der Waals surface area contributed by atoms with Crippen LogP contribution in [0, 0.1) is 25.2 Å². The number of hydrogen-bond acceptors (Lipinski definition) is 5. The van der Waals surface area contributed by atoms with E-state index in [9.17, 15) is 10.4 Å². The van der Waals surface area contributed by atoms with Gasteiger partial charge in [-0.25, -0.2) is 0 Å². The van der Waals surface area contributed by atoms with Crippen molar-refractivity contribution < 1.29 is 5.11 Å². The zero-order chi connectivity index (χ0) is 24.4. The molecule has 3 N–H and O–H groups in total. The standard InChI is InChI=1S/C29H29N5O/c1-19-25-11-13-31-28(25)10-9-27(19)33-29-23(15-30)16-32-20(2)26(29)8-7-21-3-5-22(6-4-21)17-34-14-12-24(35)18-34/h3-11,13,16,24,31,35H,12,14,17-18H2,1-2H3,(H,32,33)/b8-7+. The van der Waals surface area contributed by atoms with Gasteiger partial charge in [-0.3, -0.25) is 9.88 Å². The molecule has 2 aromatic carbocycles. The van der Waals surface area contributed by atoms with Crippen molar-refractivity contribution in [2.24, 2.45) is 0 Å². The Morgan fingerprint density at radius 1 is 1.17 bits per heavy atom. The molecule has 35 heavy (non-hydrogen) atoms. The van der Waals surface area contributed by atoms with Gasteiger partial charge in [0.05, 0.1) is 17.4 Å². The molecular formula is C29H29N5O. The monoisotopic (exact) mass is 463 g/mol. The van der Waals surface area contributed by atoms with Crippen LogP contribution in [0.5, 0.6) is 0 Å². The molecule has 1 aliphatic rings. The summed E-state index contributed by atoms with van der Waals surface area (Å²) in [5.74, 6) is 0. The molecule has 0 saturated carbocycles. The van der Waals surface area contributed by atoms with Crippen molar-refractivity contribution in [3.63, 3.8) is 0 Å². The van der Waals surface area contributed by atoms with Gasteiger partial charge in [-0.15, -0.1) is 0 Å². The SMILES string of the molecule is Cc1ncc(C#N)c(Nc2ccc3[nH]ccc3c2C)c1/C=C/c1ccc(CN2CCC(O)C2)cc1. The highest BCUT2D eigenvalue weighted by Crippen LogP contribution is 2.32. The molecule has 2 aromatic heterocycles. The van der Waals surface area contributed by atoms with E-state index in [1.54, 1.807) is 6.20 Å². The molecular weight excluding hydrogens is 434 g/mol. The van der Waals surface area contributed by atoms with Crippen molar-refractivity contribution in [2.75, 3.05) is 18.4 Å².